The summed E-state index contributed by atoms with van der Waals surface area (Å²) in [6, 6.07) is 0.847. The third-order valence-electron chi connectivity index (χ3n) is 1.60. The van der Waals surface area contributed by atoms with E-state index in [0.717, 1.165) is 6.07 Å². The van der Waals surface area contributed by atoms with Crippen LogP contribution in [-0.2, 0) is 10.0 Å². The summed E-state index contributed by atoms with van der Waals surface area (Å²) in [7, 11) is -4.05. The quantitative estimate of drug-likeness (QED) is 0.846. The highest BCUT2D eigenvalue weighted by Crippen LogP contribution is 2.24. The minimum Gasteiger partial charge on any atom is -0.443 e. The van der Waals surface area contributed by atoms with Gasteiger partial charge in [0, 0.05) is 6.07 Å². The average molecular weight is 333 g/mol. The van der Waals surface area contributed by atoms with E-state index in [4.69, 9.17) is 9.56 Å². The van der Waals surface area contributed by atoms with Gasteiger partial charge in [-0.05, 0) is 15.9 Å². The van der Waals surface area contributed by atoms with Crippen LogP contribution in [0.4, 0.5) is 8.78 Å². The fourth-order valence-electron chi connectivity index (χ4n) is 0.915. The van der Waals surface area contributed by atoms with E-state index in [0.29, 0.717) is 0 Å². The van der Waals surface area contributed by atoms with Gasteiger partial charge in [0.1, 0.15) is 4.90 Å². The maximum absolute atomic E-state index is 11.8. The summed E-state index contributed by atoms with van der Waals surface area (Å²) in [4.78, 5) is 10.8. The first kappa shape index (κ1) is 14.1. The highest BCUT2D eigenvalue weighted by atomic mass is 79.9. The largest absolute Gasteiger partial charge is 0.443 e. The normalized spacial score (nSPS) is 11.8. The van der Waals surface area contributed by atoms with Gasteiger partial charge in [0.25, 0.3) is 12.3 Å². The Hall–Kier alpha value is -1.00. The van der Waals surface area contributed by atoms with Crippen LogP contribution in [-0.4, -0.2) is 27.3 Å². The smallest absolute Gasteiger partial charge is 0.287 e. The highest BCUT2D eigenvalue weighted by Gasteiger charge is 2.22. The second kappa shape index (κ2) is 5.10. The number of alkyl halides is 2. The van der Waals surface area contributed by atoms with Crippen LogP contribution in [0.25, 0.3) is 0 Å². The number of hydrogen-bond acceptors (Lipinski definition) is 4. The molecule has 0 aliphatic carbocycles. The van der Waals surface area contributed by atoms with E-state index < -0.39 is 39.6 Å². The molecular formula is C7H7BrF2N2O4S. The Morgan fingerprint density at radius 3 is 2.59 bits per heavy atom. The molecule has 0 saturated carbocycles. The molecule has 3 N–H and O–H groups in total. The van der Waals surface area contributed by atoms with Gasteiger partial charge in [0.05, 0.1) is 6.54 Å². The molecule has 1 amide bonds. The van der Waals surface area contributed by atoms with Crippen molar-refractivity contribution in [3.8, 4) is 0 Å². The van der Waals surface area contributed by atoms with E-state index >= 15 is 0 Å². The second-order valence-corrected chi connectivity index (χ2v) is 5.14. The van der Waals surface area contributed by atoms with Crippen LogP contribution in [0, 0.1) is 0 Å². The highest BCUT2D eigenvalue weighted by molar-refractivity contribution is 9.10. The van der Waals surface area contributed by atoms with E-state index in [-0.39, 0.29) is 4.67 Å². The fourth-order valence-corrected chi connectivity index (χ4v) is 2.42. The van der Waals surface area contributed by atoms with Gasteiger partial charge in [-0.25, -0.2) is 22.3 Å². The Labute approximate surface area is 103 Å². The van der Waals surface area contributed by atoms with E-state index in [1.54, 1.807) is 0 Å². The lowest BCUT2D eigenvalue weighted by molar-refractivity contribution is 0.0864. The van der Waals surface area contributed by atoms with Crippen LogP contribution in [0.3, 0.4) is 0 Å². The molecule has 0 aromatic carbocycles. The van der Waals surface area contributed by atoms with Crippen LogP contribution in [0.1, 0.15) is 10.6 Å². The molecule has 0 bridgehead atoms. The molecule has 17 heavy (non-hydrogen) atoms. The number of primary sulfonamides is 1. The second-order valence-electron chi connectivity index (χ2n) is 2.89. The number of rotatable bonds is 4. The zero-order valence-electron chi connectivity index (χ0n) is 8.11. The average Bonchev–Trinajstić information content (AvgIpc) is 2.56. The molecule has 0 radical (unpaired) electrons. The van der Waals surface area contributed by atoms with Crippen LogP contribution in [0.5, 0.6) is 0 Å². The first-order valence-electron chi connectivity index (χ1n) is 4.10. The Morgan fingerprint density at radius 1 is 1.59 bits per heavy atom. The lowest BCUT2D eigenvalue weighted by atomic mass is 10.4. The van der Waals surface area contributed by atoms with Crippen LogP contribution >= 0.6 is 15.9 Å². The van der Waals surface area contributed by atoms with Crippen molar-refractivity contribution in [2.75, 3.05) is 6.54 Å². The number of hydrogen-bond donors (Lipinski definition) is 2. The Bertz CT molecular complexity index is 528. The number of sulfonamides is 1. The summed E-state index contributed by atoms with van der Waals surface area (Å²) in [6.07, 6.45) is -2.71. The number of halogens is 3. The summed E-state index contributed by atoms with van der Waals surface area (Å²) < 4.78 is 50.1. The maximum atomic E-state index is 11.8. The molecule has 0 atom stereocenters. The first-order valence-corrected chi connectivity index (χ1v) is 6.44. The Balaban J connectivity index is 2.91. The third kappa shape index (κ3) is 3.75. The molecular weight excluding hydrogens is 326 g/mol. The van der Waals surface area contributed by atoms with E-state index in [1.165, 1.54) is 0 Å². The molecule has 0 saturated heterocycles. The predicted molar refractivity (Wildman–Crippen MR) is 56.1 cm³/mol. The van der Waals surface area contributed by atoms with Gasteiger partial charge in [0.15, 0.2) is 10.4 Å². The van der Waals surface area contributed by atoms with Gasteiger partial charge in [-0.1, -0.05) is 0 Å². The van der Waals surface area contributed by atoms with E-state index in [1.807, 2.05) is 5.32 Å². The number of nitrogens with two attached hydrogens (primary N) is 1. The molecule has 1 rings (SSSR count). The van der Waals surface area contributed by atoms with Crippen molar-refractivity contribution < 1.29 is 26.4 Å². The number of carbonyl (C=O) groups is 1. The summed E-state index contributed by atoms with van der Waals surface area (Å²) >= 11 is 2.75. The number of nitrogens with one attached hydrogen (secondary N) is 1. The Kier molecular flexibility index (Phi) is 4.22. The van der Waals surface area contributed by atoms with Gasteiger partial charge in [-0.2, -0.15) is 0 Å². The molecule has 0 unspecified atom stereocenters. The molecule has 1 heterocycles. The number of amides is 1. The van der Waals surface area contributed by atoms with E-state index in [9.17, 15) is 22.0 Å². The molecule has 0 aliphatic rings. The zero-order valence-corrected chi connectivity index (χ0v) is 10.5. The van der Waals surface area contributed by atoms with Crippen LogP contribution in [0.15, 0.2) is 20.0 Å². The zero-order chi connectivity index (χ0) is 13.2. The van der Waals surface area contributed by atoms with Crippen molar-refractivity contribution in [1.29, 1.82) is 0 Å². The molecule has 96 valence electrons. The summed E-state index contributed by atoms with van der Waals surface area (Å²) in [5.41, 5.74) is 0. The van der Waals surface area contributed by atoms with Gasteiger partial charge in [-0.3, -0.25) is 4.79 Å². The van der Waals surface area contributed by atoms with Gasteiger partial charge in [0.2, 0.25) is 10.0 Å². The van der Waals surface area contributed by atoms with Gasteiger partial charge in [-0.15, -0.1) is 0 Å². The minimum absolute atomic E-state index is 0.262. The molecule has 10 heteroatoms. The standard InChI is InChI=1S/C7H7BrF2N2O4S/c8-6-4(17(11,14)15)1-3(16-6)7(13)12-2-5(9)10/h1,5H,2H2,(H,12,13)(H2,11,14,15). The van der Waals surface area contributed by atoms with E-state index in [2.05, 4.69) is 15.9 Å². The molecule has 1 aromatic rings. The lowest BCUT2D eigenvalue weighted by Crippen LogP contribution is -2.28. The van der Waals surface area contributed by atoms with Gasteiger partial charge >= 0.3 is 0 Å². The monoisotopic (exact) mass is 332 g/mol. The molecule has 1 aromatic heterocycles. The summed E-state index contributed by atoms with van der Waals surface area (Å²) in [6.45, 7) is -0.859. The van der Waals surface area contributed by atoms with Crippen LogP contribution in [0.2, 0.25) is 0 Å². The molecule has 6 nitrogen and oxygen atoms in total. The first-order chi connectivity index (χ1) is 7.71. The number of furan rings is 1. The summed E-state index contributed by atoms with van der Waals surface area (Å²) in [5.74, 6) is -1.39. The van der Waals surface area contributed by atoms with Crippen molar-refractivity contribution >= 4 is 31.9 Å². The Morgan fingerprint density at radius 2 is 2.18 bits per heavy atom. The maximum Gasteiger partial charge on any atom is 0.287 e. The topological polar surface area (TPSA) is 102 Å². The lowest BCUT2D eigenvalue weighted by Gasteiger charge is -2.00. The number of carbonyl (C=O) groups excluding carboxylic acids is 1. The van der Waals surface area contributed by atoms with Gasteiger partial charge < -0.3 is 9.73 Å². The SMILES string of the molecule is NS(=O)(=O)c1cc(C(=O)NCC(F)F)oc1Br. The summed E-state index contributed by atoms with van der Waals surface area (Å²) in [5, 5.41) is 6.68. The molecule has 0 spiro atoms. The van der Waals surface area contributed by atoms with Crippen LogP contribution < -0.4 is 10.5 Å². The third-order valence-corrected chi connectivity index (χ3v) is 3.37. The predicted octanol–water partition coefficient (Wildman–Crippen LogP) is 0.684. The molecule has 0 fully saturated rings. The van der Waals surface area contributed by atoms with Crippen molar-refractivity contribution in [3.05, 3.63) is 16.5 Å². The minimum atomic E-state index is -4.05. The van der Waals surface area contributed by atoms with Crippen molar-refractivity contribution in [3.63, 3.8) is 0 Å². The van der Waals surface area contributed by atoms with Crippen molar-refractivity contribution in [2.24, 2.45) is 5.14 Å². The van der Waals surface area contributed by atoms with Crippen molar-refractivity contribution in [2.45, 2.75) is 11.3 Å². The fraction of sp³-hybridized carbons (Fsp3) is 0.286. The van der Waals surface area contributed by atoms with Crippen molar-refractivity contribution in [1.82, 2.24) is 5.32 Å². The molecule has 0 aliphatic heterocycles.